The molecule has 2 fully saturated rings. The molecule has 6 rings (SSSR count). The topological polar surface area (TPSA) is 63.0 Å². The number of benzene rings is 3. The van der Waals surface area contributed by atoms with Crippen molar-refractivity contribution >= 4 is 46.4 Å². The van der Waals surface area contributed by atoms with E-state index in [2.05, 4.69) is 0 Å². The van der Waals surface area contributed by atoms with Gasteiger partial charge in [-0.15, -0.1) is 0 Å². The number of halogens is 2. The number of hydrogen-bond acceptors (Lipinski definition) is 5. The third-order valence-electron chi connectivity index (χ3n) is 6.26. The van der Waals surface area contributed by atoms with Crippen molar-refractivity contribution in [3.05, 3.63) is 107 Å². The number of anilines is 2. The van der Waals surface area contributed by atoms with E-state index in [1.165, 1.54) is 4.90 Å². The van der Waals surface area contributed by atoms with Crippen molar-refractivity contribution in [1.29, 1.82) is 0 Å². The van der Waals surface area contributed by atoms with Gasteiger partial charge in [-0.25, -0.2) is 9.96 Å². The highest BCUT2D eigenvalue weighted by atomic mass is 35.5. The van der Waals surface area contributed by atoms with Gasteiger partial charge in [0.2, 0.25) is 5.91 Å². The zero-order valence-corrected chi connectivity index (χ0v) is 19.7. The molecular formula is C27H18Cl2N2O4. The maximum absolute atomic E-state index is 13.6. The molecule has 0 radical (unpaired) electrons. The van der Waals surface area contributed by atoms with Crippen LogP contribution < -0.4 is 9.96 Å². The molecule has 2 saturated heterocycles. The number of carbonyl (C=O) groups is 2. The molecule has 2 amide bonds. The third-order valence-corrected chi connectivity index (χ3v) is 6.80. The van der Waals surface area contributed by atoms with Gasteiger partial charge in [-0.05, 0) is 54.6 Å². The summed E-state index contributed by atoms with van der Waals surface area (Å²) in [6, 6.07) is 26.3. The molecular weight excluding hydrogens is 487 g/mol. The van der Waals surface area contributed by atoms with Crippen molar-refractivity contribution in [2.24, 2.45) is 5.92 Å². The molecule has 0 N–H and O–H groups in total. The molecule has 0 saturated carbocycles. The van der Waals surface area contributed by atoms with Gasteiger partial charge in [-0.3, -0.25) is 14.4 Å². The van der Waals surface area contributed by atoms with E-state index in [0.717, 1.165) is 0 Å². The Balaban J connectivity index is 1.43. The van der Waals surface area contributed by atoms with Gasteiger partial charge in [0.1, 0.15) is 23.5 Å². The van der Waals surface area contributed by atoms with Gasteiger partial charge in [-0.2, -0.15) is 0 Å². The van der Waals surface area contributed by atoms with Crippen LogP contribution in [-0.2, 0) is 14.4 Å². The minimum atomic E-state index is -0.972. The summed E-state index contributed by atoms with van der Waals surface area (Å²) in [7, 11) is 0. The number of hydroxylamine groups is 1. The zero-order valence-electron chi connectivity index (χ0n) is 18.2. The Bertz CT molecular complexity index is 1420. The van der Waals surface area contributed by atoms with Crippen molar-refractivity contribution in [3.8, 4) is 11.3 Å². The monoisotopic (exact) mass is 504 g/mol. The normalized spacial score (nSPS) is 21.6. The second kappa shape index (κ2) is 8.57. The number of imide groups is 1. The molecule has 0 spiro atoms. The molecule has 4 aromatic rings. The summed E-state index contributed by atoms with van der Waals surface area (Å²) in [6.07, 6.45) is -0.972. The lowest BCUT2D eigenvalue weighted by atomic mass is 9.94. The molecule has 0 unspecified atom stereocenters. The number of carbonyl (C=O) groups excluding carboxylic acids is 2. The van der Waals surface area contributed by atoms with Crippen LogP contribution in [0.3, 0.4) is 0 Å². The number of hydrogen-bond donors (Lipinski definition) is 0. The van der Waals surface area contributed by atoms with Crippen molar-refractivity contribution in [2.75, 3.05) is 9.96 Å². The molecule has 1 aromatic heterocycles. The van der Waals surface area contributed by atoms with Gasteiger partial charge in [0.15, 0.2) is 6.10 Å². The summed E-state index contributed by atoms with van der Waals surface area (Å²) in [4.78, 5) is 34.3. The van der Waals surface area contributed by atoms with Crippen molar-refractivity contribution in [3.63, 3.8) is 0 Å². The van der Waals surface area contributed by atoms with E-state index in [1.807, 2.05) is 36.4 Å². The van der Waals surface area contributed by atoms with Gasteiger partial charge in [0.25, 0.3) is 5.91 Å². The fourth-order valence-electron chi connectivity index (χ4n) is 4.68. The van der Waals surface area contributed by atoms with Crippen LogP contribution in [0, 0.1) is 5.92 Å². The van der Waals surface area contributed by atoms with Crippen LogP contribution in [0.1, 0.15) is 11.8 Å². The summed E-state index contributed by atoms with van der Waals surface area (Å²) in [5.74, 6) is -0.518. The van der Waals surface area contributed by atoms with Crippen LogP contribution in [0.5, 0.6) is 0 Å². The quantitative estimate of drug-likeness (QED) is 0.305. The number of fused-ring (bicyclic) bond motifs is 1. The molecule has 6 nitrogen and oxygen atoms in total. The second-order valence-corrected chi connectivity index (χ2v) is 9.18. The maximum atomic E-state index is 13.6. The second-order valence-electron chi connectivity index (χ2n) is 8.33. The molecule has 35 heavy (non-hydrogen) atoms. The van der Waals surface area contributed by atoms with Crippen LogP contribution in [0.15, 0.2) is 95.4 Å². The molecule has 0 bridgehead atoms. The van der Waals surface area contributed by atoms with Crippen molar-refractivity contribution < 1.29 is 18.8 Å². The van der Waals surface area contributed by atoms with Crippen LogP contribution in [0.4, 0.5) is 11.4 Å². The highest BCUT2D eigenvalue weighted by molar-refractivity contribution is 6.36. The molecule has 0 aliphatic carbocycles. The fraction of sp³-hybridized carbons (Fsp3) is 0.111. The van der Waals surface area contributed by atoms with E-state index in [-0.39, 0.29) is 5.91 Å². The smallest absolute Gasteiger partial charge is 0.266 e. The minimum Gasteiger partial charge on any atom is -0.459 e. The van der Waals surface area contributed by atoms with E-state index in [1.54, 1.807) is 59.7 Å². The first-order chi connectivity index (χ1) is 17.0. The average molecular weight is 505 g/mol. The van der Waals surface area contributed by atoms with E-state index in [0.29, 0.717) is 38.5 Å². The Labute approximate surface area is 211 Å². The largest absolute Gasteiger partial charge is 0.459 e. The summed E-state index contributed by atoms with van der Waals surface area (Å²) in [5, 5.41) is 2.56. The van der Waals surface area contributed by atoms with Crippen LogP contribution in [0.25, 0.3) is 11.3 Å². The Morgan fingerprint density at radius 2 is 1.43 bits per heavy atom. The highest BCUT2D eigenvalue weighted by Crippen LogP contribution is 2.48. The fourth-order valence-corrected chi connectivity index (χ4v) is 5.18. The number of rotatable bonds is 4. The van der Waals surface area contributed by atoms with Gasteiger partial charge in [0.05, 0.1) is 16.4 Å². The lowest BCUT2D eigenvalue weighted by molar-refractivity contribution is -0.126. The Morgan fingerprint density at radius 1 is 0.743 bits per heavy atom. The van der Waals surface area contributed by atoms with Crippen LogP contribution in [0.2, 0.25) is 10.0 Å². The summed E-state index contributed by atoms with van der Waals surface area (Å²) >= 11 is 12.4. The van der Waals surface area contributed by atoms with E-state index >= 15 is 0 Å². The first-order valence-corrected chi connectivity index (χ1v) is 11.8. The Kier molecular flexibility index (Phi) is 5.37. The molecule has 2 aliphatic heterocycles. The predicted octanol–water partition coefficient (Wildman–Crippen LogP) is 6.30. The highest BCUT2D eigenvalue weighted by Gasteiger charge is 2.61. The number of para-hydroxylation sites is 2. The molecule has 3 atom stereocenters. The van der Waals surface area contributed by atoms with Gasteiger partial charge < -0.3 is 4.42 Å². The number of amides is 2. The van der Waals surface area contributed by atoms with Crippen molar-refractivity contribution in [2.45, 2.75) is 12.1 Å². The Morgan fingerprint density at radius 3 is 2.11 bits per heavy atom. The lowest BCUT2D eigenvalue weighted by Gasteiger charge is -2.27. The molecule has 2 aliphatic rings. The summed E-state index contributed by atoms with van der Waals surface area (Å²) in [6.45, 7) is 0. The number of furan rings is 1. The van der Waals surface area contributed by atoms with E-state index in [9.17, 15) is 9.59 Å². The molecule has 174 valence electrons. The lowest BCUT2D eigenvalue weighted by Crippen LogP contribution is -2.37. The summed E-state index contributed by atoms with van der Waals surface area (Å²) < 4.78 is 6.23. The van der Waals surface area contributed by atoms with E-state index < -0.39 is 24.0 Å². The molecule has 3 aromatic carbocycles. The summed E-state index contributed by atoms with van der Waals surface area (Å²) in [5.41, 5.74) is 1.89. The predicted molar refractivity (Wildman–Crippen MR) is 133 cm³/mol. The minimum absolute atomic E-state index is 0.336. The van der Waals surface area contributed by atoms with Crippen LogP contribution >= 0.6 is 23.2 Å². The molecule has 3 heterocycles. The SMILES string of the molecule is O=C1[C@H]2[C@@H](ON(c3ccccc3)[C@H]2c2ccc(-c3ccc(Cl)cc3Cl)o2)C(=O)N1c1ccccc1. The van der Waals surface area contributed by atoms with Crippen molar-refractivity contribution in [1.82, 2.24) is 0 Å². The number of nitrogens with zero attached hydrogens (tertiary/aromatic N) is 2. The first kappa shape index (κ1) is 21.9. The third kappa shape index (κ3) is 3.62. The average Bonchev–Trinajstić information content (AvgIpc) is 3.55. The maximum Gasteiger partial charge on any atom is 0.266 e. The zero-order chi connectivity index (χ0) is 24.1. The van der Waals surface area contributed by atoms with Gasteiger partial charge >= 0.3 is 0 Å². The van der Waals surface area contributed by atoms with Crippen LogP contribution in [-0.4, -0.2) is 17.9 Å². The first-order valence-electron chi connectivity index (χ1n) is 11.0. The van der Waals surface area contributed by atoms with E-state index in [4.69, 9.17) is 32.5 Å². The Hall–Kier alpha value is -3.58. The van der Waals surface area contributed by atoms with Gasteiger partial charge in [-0.1, -0.05) is 59.6 Å². The molecule has 8 heteroatoms. The standard InChI is InChI=1S/C27H18Cl2N2O4/c28-16-11-12-19(20(29)15-16)21-13-14-22(34-21)24-23-25(35-31(24)18-9-5-2-6-10-18)27(33)30(26(23)32)17-7-3-1-4-8-17/h1-15,23-25H/t23-,24+,25-/m1/s1. The van der Waals surface area contributed by atoms with Gasteiger partial charge in [0, 0.05) is 10.6 Å².